The molecule has 4 rings (SSSR count). The zero-order chi connectivity index (χ0) is 19.5. The van der Waals surface area contributed by atoms with Crippen LogP contribution in [0.5, 0.6) is 0 Å². The van der Waals surface area contributed by atoms with Crippen molar-refractivity contribution < 1.29 is 13.5 Å². The third-order valence-electron chi connectivity index (χ3n) is 6.27. The van der Waals surface area contributed by atoms with Gasteiger partial charge in [0.2, 0.25) is 0 Å². The van der Waals surface area contributed by atoms with Crippen molar-refractivity contribution in [3.05, 3.63) is 71.3 Å². The van der Waals surface area contributed by atoms with Gasteiger partial charge >= 0.3 is 0 Å². The smallest absolute Gasteiger partial charge is 0.123 e. The minimum Gasteiger partial charge on any atom is -0.367 e. The van der Waals surface area contributed by atoms with Crippen LogP contribution >= 0.6 is 0 Å². The van der Waals surface area contributed by atoms with E-state index in [9.17, 15) is 8.78 Å². The molecule has 0 aromatic heterocycles. The highest BCUT2D eigenvalue weighted by atomic mass is 19.1. The molecule has 0 spiro atoms. The van der Waals surface area contributed by atoms with E-state index in [4.69, 9.17) is 4.74 Å². The average Bonchev–Trinajstić information content (AvgIpc) is 2.95. The molecule has 2 fully saturated rings. The third-order valence-corrected chi connectivity index (χ3v) is 6.27. The number of hydrogen-bond acceptors (Lipinski definition) is 3. The van der Waals surface area contributed by atoms with Crippen molar-refractivity contribution >= 4 is 0 Å². The first kappa shape index (κ1) is 19.5. The lowest BCUT2D eigenvalue weighted by molar-refractivity contribution is 0.0578. The van der Waals surface area contributed by atoms with E-state index in [1.54, 1.807) is 24.3 Å². The number of likely N-dealkylation sites (N-methyl/N-ethyl adjacent to an activating group) is 1. The Labute approximate surface area is 165 Å². The fourth-order valence-electron chi connectivity index (χ4n) is 4.54. The molecule has 2 bridgehead atoms. The first-order valence-electron chi connectivity index (χ1n) is 10.2. The van der Waals surface area contributed by atoms with Gasteiger partial charge in [-0.1, -0.05) is 24.3 Å². The lowest BCUT2D eigenvalue weighted by atomic mass is 10.0. The fraction of sp³-hybridized carbons (Fsp3) is 0.478. The van der Waals surface area contributed by atoms with Gasteiger partial charge in [-0.05, 0) is 68.2 Å². The minimum atomic E-state index is -0.327. The third kappa shape index (κ3) is 4.43. The number of ether oxygens (including phenoxy) is 1. The van der Waals surface area contributed by atoms with Gasteiger partial charge < -0.3 is 4.74 Å². The van der Waals surface area contributed by atoms with Gasteiger partial charge in [0, 0.05) is 25.2 Å². The van der Waals surface area contributed by atoms with Gasteiger partial charge in [-0.25, -0.2) is 8.78 Å². The van der Waals surface area contributed by atoms with Gasteiger partial charge in [-0.2, -0.15) is 0 Å². The zero-order valence-electron chi connectivity index (χ0n) is 16.4. The summed E-state index contributed by atoms with van der Waals surface area (Å²) in [7, 11) is 2.25. The molecule has 2 atom stereocenters. The van der Waals surface area contributed by atoms with E-state index >= 15 is 0 Å². The lowest BCUT2D eigenvalue weighted by Crippen LogP contribution is -2.38. The molecule has 0 N–H and O–H groups in total. The number of likely N-dealkylation sites (tertiary alicyclic amines) is 1. The van der Waals surface area contributed by atoms with Crippen molar-refractivity contribution in [3.63, 3.8) is 0 Å². The molecule has 0 radical (unpaired) electrons. The minimum absolute atomic E-state index is 0.273. The molecular weight excluding hydrogens is 358 g/mol. The van der Waals surface area contributed by atoms with E-state index in [0.29, 0.717) is 12.6 Å². The Bertz CT molecular complexity index is 720. The van der Waals surface area contributed by atoms with Crippen LogP contribution in [0.25, 0.3) is 0 Å². The van der Waals surface area contributed by atoms with Crippen molar-refractivity contribution in [2.24, 2.45) is 0 Å². The number of benzene rings is 2. The number of nitrogens with zero attached hydrogens (tertiary/aromatic N) is 2. The predicted molar refractivity (Wildman–Crippen MR) is 106 cm³/mol. The maximum absolute atomic E-state index is 13.3. The number of hydrogen-bond donors (Lipinski definition) is 0. The van der Waals surface area contributed by atoms with Crippen LogP contribution in [0.1, 0.15) is 36.5 Å². The fourth-order valence-corrected chi connectivity index (χ4v) is 4.54. The molecule has 2 saturated heterocycles. The van der Waals surface area contributed by atoms with Gasteiger partial charge in [-0.3, -0.25) is 9.80 Å². The molecule has 0 saturated carbocycles. The topological polar surface area (TPSA) is 15.7 Å². The van der Waals surface area contributed by atoms with Crippen LogP contribution in [-0.2, 0) is 4.74 Å². The monoisotopic (exact) mass is 386 g/mol. The van der Waals surface area contributed by atoms with Crippen LogP contribution in [0, 0.1) is 11.6 Å². The molecule has 0 amide bonds. The maximum Gasteiger partial charge on any atom is 0.123 e. The quantitative estimate of drug-likeness (QED) is 0.739. The van der Waals surface area contributed by atoms with Crippen LogP contribution in [0.15, 0.2) is 48.5 Å². The summed E-state index contributed by atoms with van der Waals surface area (Å²) in [6.45, 7) is 3.65. The molecule has 28 heavy (non-hydrogen) atoms. The van der Waals surface area contributed by atoms with Crippen LogP contribution in [-0.4, -0.2) is 55.2 Å². The predicted octanol–water partition coefficient (Wildman–Crippen LogP) is 4.24. The summed E-state index contributed by atoms with van der Waals surface area (Å²) >= 11 is 0. The van der Waals surface area contributed by atoms with Crippen molar-refractivity contribution in [1.29, 1.82) is 0 Å². The second-order valence-electron chi connectivity index (χ2n) is 7.99. The second-order valence-corrected chi connectivity index (χ2v) is 7.99. The van der Waals surface area contributed by atoms with Gasteiger partial charge in [0.05, 0.1) is 6.61 Å². The van der Waals surface area contributed by atoms with Gasteiger partial charge in [0.1, 0.15) is 17.7 Å². The average molecular weight is 386 g/mol. The van der Waals surface area contributed by atoms with Crippen molar-refractivity contribution in [1.82, 2.24) is 9.80 Å². The standard InChI is InChI=1S/C23H28F2N2O/c1-26-21-10-11-22(26)16-27(13-12-21)14-15-28-23(17-2-6-19(24)7-3-17)18-4-8-20(25)9-5-18/h2-9,21-23H,10-16H2,1H3/t21-,22+/m1/s1. The first-order chi connectivity index (χ1) is 13.6. The Hall–Kier alpha value is -1.82. The number of halogens is 2. The highest BCUT2D eigenvalue weighted by Crippen LogP contribution is 2.29. The second kappa shape index (κ2) is 8.68. The summed E-state index contributed by atoms with van der Waals surface area (Å²) in [6, 6.07) is 14.1. The largest absolute Gasteiger partial charge is 0.367 e. The Morgan fingerprint density at radius 3 is 2.07 bits per heavy atom. The molecule has 150 valence electrons. The molecule has 0 aliphatic carbocycles. The Kier molecular flexibility index (Phi) is 6.04. The van der Waals surface area contributed by atoms with Crippen LogP contribution in [0.3, 0.4) is 0 Å². The summed E-state index contributed by atoms with van der Waals surface area (Å²) in [5, 5.41) is 0. The Morgan fingerprint density at radius 1 is 0.893 bits per heavy atom. The van der Waals surface area contributed by atoms with Crippen molar-refractivity contribution in [3.8, 4) is 0 Å². The highest BCUT2D eigenvalue weighted by molar-refractivity contribution is 5.30. The summed E-state index contributed by atoms with van der Waals surface area (Å²) in [5.41, 5.74) is 1.75. The normalized spacial score (nSPS) is 23.3. The molecule has 2 aliphatic heterocycles. The van der Waals surface area contributed by atoms with Gasteiger partial charge in [0.25, 0.3) is 0 Å². The highest BCUT2D eigenvalue weighted by Gasteiger charge is 2.34. The lowest BCUT2D eigenvalue weighted by Gasteiger charge is -2.26. The molecular formula is C23H28F2N2O. The molecule has 5 heteroatoms. The Balaban J connectivity index is 1.41. The summed E-state index contributed by atoms with van der Waals surface area (Å²) in [4.78, 5) is 5.04. The molecule has 2 aromatic rings. The number of rotatable bonds is 6. The van der Waals surface area contributed by atoms with E-state index in [-0.39, 0.29) is 17.7 Å². The first-order valence-corrected chi connectivity index (χ1v) is 10.2. The van der Waals surface area contributed by atoms with Gasteiger partial charge in [-0.15, -0.1) is 0 Å². The van der Waals surface area contributed by atoms with Crippen LogP contribution in [0.4, 0.5) is 8.78 Å². The van der Waals surface area contributed by atoms with Crippen molar-refractivity contribution in [2.75, 3.05) is 33.3 Å². The van der Waals surface area contributed by atoms with E-state index in [1.165, 1.54) is 43.5 Å². The molecule has 2 aromatic carbocycles. The SMILES string of the molecule is CN1[C@@H]2CC[C@H]1CN(CCOC(c1ccc(F)cc1)c1ccc(F)cc1)CC2. The number of fused-ring (bicyclic) bond motifs is 2. The summed E-state index contributed by atoms with van der Waals surface area (Å²) in [6.07, 6.45) is 3.49. The Morgan fingerprint density at radius 2 is 1.46 bits per heavy atom. The van der Waals surface area contributed by atoms with E-state index < -0.39 is 0 Å². The van der Waals surface area contributed by atoms with Gasteiger partial charge in [0.15, 0.2) is 0 Å². The molecule has 2 aliphatic rings. The summed E-state index contributed by atoms with van der Waals surface area (Å²) in [5.74, 6) is -0.546. The van der Waals surface area contributed by atoms with E-state index in [0.717, 1.165) is 36.8 Å². The van der Waals surface area contributed by atoms with E-state index in [2.05, 4.69) is 16.8 Å². The molecule has 3 nitrogen and oxygen atoms in total. The maximum atomic E-state index is 13.3. The molecule has 0 unspecified atom stereocenters. The molecule has 2 heterocycles. The van der Waals surface area contributed by atoms with Crippen LogP contribution < -0.4 is 0 Å². The zero-order valence-corrected chi connectivity index (χ0v) is 16.4. The van der Waals surface area contributed by atoms with E-state index in [1.807, 2.05) is 0 Å². The summed E-state index contributed by atoms with van der Waals surface area (Å²) < 4.78 is 32.9. The van der Waals surface area contributed by atoms with Crippen LogP contribution in [0.2, 0.25) is 0 Å². The van der Waals surface area contributed by atoms with Crippen molar-refractivity contribution in [2.45, 2.75) is 37.5 Å².